The van der Waals surface area contributed by atoms with Crippen LogP contribution in [0, 0.1) is 0 Å². The number of Topliss-reactive ketones (excluding diaryl/α,β-unsaturated/α-hetero) is 1. The van der Waals surface area contributed by atoms with Crippen LogP contribution in [0.5, 0.6) is 0 Å². The number of benzene rings is 2. The highest BCUT2D eigenvalue weighted by atomic mass is 32.2. The van der Waals surface area contributed by atoms with E-state index in [4.69, 9.17) is 4.74 Å². The van der Waals surface area contributed by atoms with E-state index in [1.807, 2.05) is 12.1 Å². The number of aromatic nitrogens is 2. The third kappa shape index (κ3) is 4.15. The lowest BCUT2D eigenvalue weighted by atomic mass is 9.90. The minimum absolute atomic E-state index is 0.121. The molecule has 0 spiro atoms. The van der Waals surface area contributed by atoms with Crippen molar-refractivity contribution in [3.63, 3.8) is 0 Å². The first kappa shape index (κ1) is 20.7. The zero-order valence-corrected chi connectivity index (χ0v) is 18.3. The van der Waals surface area contributed by atoms with Crippen molar-refractivity contribution < 1.29 is 14.3 Å². The fourth-order valence-electron chi connectivity index (χ4n) is 3.99. The summed E-state index contributed by atoms with van der Waals surface area (Å²) in [5.41, 5.74) is 5.68. The number of thioether (sulfide) groups is 1. The van der Waals surface area contributed by atoms with Crippen molar-refractivity contribution in [2.75, 3.05) is 12.4 Å². The summed E-state index contributed by atoms with van der Waals surface area (Å²) >= 11 is 1.45. The lowest BCUT2D eigenvalue weighted by molar-refractivity contribution is 0.0526. The van der Waals surface area contributed by atoms with E-state index in [-0.39, 0.29) is 11.8 Å². The average Bonchev–Trinajstić information content (AvgIpc) is 3.13. The third-order valence-electron chi connectivity index (χ3n) is 5.54. The maximum Gasteiger partial charge on any atom is 0.338 e. The van der Waals surface area contributed by atoms with Gasteiger partial charge in [-0.05, 0) is 74.9 Å². The Morgan fingerprint density at radius 1 is 1.03 bits per heavy atom. The summed E-state index contributed by atoms with van der Waals surface area (Å²) in [5.74, 6) is 0.116. The predicted molar refractivity (Wildman–Crippen MR) is 120 cm³/mol. The molecule has 2 aromatic carbocycles. The van der Waals surface area contributed by atoms with Crippen LogP contribution in [0.1, 0.15) is 58.5 Å². The van der Waals surface area contributed by atoms with Gasteiger partial charge in [0.1, 0.15) is 0 Å². The van der Waals surface area contributed by atoms with E-state index in [1.165, 1.54) is 35.7 Å². The second kappa shape index (κ2) is 9.04. The Morgan fingerprint density at radius 3 is 2.57 bits per heavy atom. The van der Waals surface area contributed by atoms with E-state index in [2.05, 4.69) is 28.6 Å². The molecule has 0 N–H and O–H groups in total. The highest BCUT2D eigenvalue weighted by Gasteiger charge is 2.17. The zero-order valence-electron chi connectivity index (χ0n) is 17.4. The van der Waals surface area contributed by atoms with E-state index in [9.17, 15) is 9.59 Å². The molecule has 156 valence electrons. The number of ketones is 1. The van der Waals surface area contributed by atoms with Gasteiger partial charge in [0.25, 0.3) is 0 Å². The van der Waals surface area contributed by atoms with E-state index < -0.39 is 0 Å². The molecule has 0 atom stereocenters. The molecule has 0 saturated carbocycles. The SMILES string of the molecule is CCOC(=O)c1ccc2c(c1)nc(SCC(=O)c1ccc3c(c1)CCCC3)n2CC. The molecule has 0 aliphatic heterocycles. The first-order valence-electron chi connectivity index (χ1n) is 10.6. The topological polar surface area (TPSA) is 61.2 Å². The van der Waals surface area contributed by atoms with Gasteiger partial charge in [-0.2, -0.15) is 0 Å². The second-order valence-electron chi connectivity index (χ2n) is 7.47. The molecule has 0 amide bonds. The maximum atomic E-state index is 12.8. The van der Waals surface area contributed by atoms with Crippen molar-refractivity contribution in [3.8, 4) is 0 Å². The van der Waals surface area contributed by atoms with Crippen molar-refractivity contribution in [3.05, 3.63) is 58.7 Å². The summed E-state index contributed by atoms with van der Waals surface area (Å²) in [6.45, 7) is 4.92. The van der Waals surface area contributed by atoms with Crippen molar-refractivity contribution >= 4 is 34.5 Å². The molecule has 5 nitrogen and oxygen atoms in total. The Bertz CT molecular complexity index is 1100. The van der Waals surface area contributed by atoms with Crippen molar-refractivity contribution in [2.45, 2.75) is 51.2 Å². The Balaban J connectivity index is 1.53. The Hall–Kier alpha value is -2.60. The van der Waals surface area contributed by atoms with Crippen LogP contribution in [-0.2, 0) is 24.1 Å². The fourth-order valence-corrected chi connectivity index (χ4v) is 4.96. The molecule has 1 aliphatic rings. The first-order valence-corrected chi connectivity index (χ1v) is 11.5. The van der Waals surface area contributed by atoms with Crippen LogP contribution >= 0.6 is 11.8 Å². The smallest absolute Gasteiger partial charge is 0.338 e. The number of carbonyl (C=O) groups excluding carboxylic acids is 2. The van der Waals surface area contributed by atoms with Crippen LogP contribution in [-0.4, -0.2) is 33.7 Å². The lowest BCUT2D eigenvalue weighted by Gasteiger charge is -2.16. The van der Waals surface area contributed by atoms with E-state index >= 15 is 0 Å². The van der Waals surface area contributed by atoms with Crippen LogP contribution < -0.4 is 0 Å². The third-order valence-corrected chi connectivity index (χ3v) is 6.52. The Kier molecular flexibility index (Phi) is 6.23. The van der Waals surface area contributed by atoms with Gasteiger partial charge in [-0.1, -0.05) is 23.9 Å². The molecule has 0 radical (unpaired) electrons. The summed E-state index contributed by atoms with van der Waals surface area (Å²) in [6, 6.07) is 11.6. The number of hydrogen-bond acceptors (Lipinski definition) is 5. The standard InChI is InChI=1S/C24H26N2O3S/c1-3-26-21-12-11-19(23(28)29-4-2)14-20(21)25-24(26)30-15-22(27)18-10-9-16-7-5-6-8-17(16)13-18/h9-14H,3-8,15H2,1-2H3. The first-order chi connectivity index (χ1) is 14.6. The van der Waals surface area contributed by atoms with Crippen LogP contribution in [0.25, 0.3) is 11.0 Å². The molecular formula is C24H26N2O3S. The number of nitrogens with zero attached hydrogens (tertiary/aromatic N) is 2. The van der Waals surface area contributed by atoms with E-state index in [0.717, 1.165) is 41.1 Å². The molecule has 6 heteroatoms. The number of esters is 1. The normalized spacial score (nSPS) is 13.3. The van der Waals surface area contributed by atoms with Crippen molar-refractivity contribution in [1.82, 2.24) is 9.55 Å². The molecule has 0 saturated heterocycles. The number of carbonyl (C=O) groups is 2. The lowest BCUT2D eigenvalue weighted by Crippen LogP contribution is -2.08. The molecular weight excluding hydrogens is 396 g/mol. The minimum Gasteiger partial charge on any atom is -0.462 e. The van der Waals surface area contributed by atoms with E-state index in [1.54, 1.807) is 19.1 Å². The summed E-state index contributed by atoms with van der Waals surface area (Å²) in [5, 5.41) is 0.791. The molecule has 0 fully saturated rings. The molecule has 3 aromatic rings. The highest BCUT2D eigenvalue weighted by molar-refractivity contribution is 7.99. The van der Waals surface area contributed by atoms with E-state index in [0.29, 0.717) is 17.9 Å². The van der Waals surface area contributed by atoms with Gasteiger partial charge < -0.3 is 9.30 Å². The Labute approximate surface area is 180 Å². The fraction of sp³-hybridized carbons (Fsp3) is 0.375. The molecule has 0 bridgehead atoms. The number of ether oxygens (including phenoxy) is 1. The minimum atomic E-state index is -0.345. The molecule has 1 aromatic heterocycles. The summed E-state index contributed by atoms with van der Waals surface area (Å²) in [4.78, 5) is 29.5. The van der Waals surface area contributed by atoms with Gasteiger partial charge in [-0.3, -0.25) is 4.79 Å². The molecule has 4 rings (SSSR count). The maximum absolute atomic E-state index is 12.8. The number of imidazole rings is 1. The van der Waals surface area contributed by atoms with Gasteiger partial charge in [-0.15, -0.1) is 0 Å². The van der Waals surface area contributed by atoms with Crippen molar-refractivity contribution in [1.29, 1.82) is 0 Å². The van der Waals surface area contributed by atoms with Gasteiger partial charge >= 0.3 is 5.97 Å². The summed E-state index contributed by atoms with van der Waals surface area (Å²) in [7, 11) is 0. The van der Waals surface area contributed by atoms with Gasteiger partial charge in [0, 0.05) is 12.1 Å². The molecule has 30 heavy (non-hydrogen) atoms. The quantitative estimate of drug-likeness (QED) is 0.302. The number of aryl methyl sites for hydroxylation is 3. The number of fused-ring (bicyclic) bond motifs is 2. The van der Waals surface area contributed by atoms with Crippen LogP contribution in [0.2, 0.25) is 0 Å². The van der Waals surface area contributed by atoms with Gasteiger partial charge in [0.05, 0.1) is 29.0 Å². The van der Waals surface area contributed by atoms with Gasteiger partial charge in [0.2, 0.25) is 0 Å². The van der Waals surface area contributed by atoms with Crippen molar-refractivity contribution in [2.24, 2.45) is 0 Å². The van der Waals surface area contributed by atoms with Gasteiger partial charge in [-0.25, -0.2) is 9.78 Å². The number of hydrogen-bond donors (Lipinski definition) is 0. The molecule has 0 unspecified atom stereocenters. The summed E-state index contributed by atoms with van der Waals surface area (Å²) in [6.07, 6.45) is 4.62. The second-order valence-corrected chi connectivity index (χ2v) is 8.41. The Morgan fingerprint density at radius 2 is 1.80 bits per heavy atom. The predicted octanol–water partition coefficient (Wildman–Crippen LogP) is 5.09. The zero-order chi connectivity index (χ0) is 21.1. The average molecular weight is 423 g/mol. The summed E-state index contributed by atoms with van der Waals surface area (Å²) < 4.78 is 7.16. The van der Waals surface area contributed by atoms with Gasteiger partial charge in [0.15, 0.2) is 10.9 Å². The van der Waals surface area contributed by atoms with Crippen LogP contribution in [0.3, 0.4) is 0 Å². The largest absolute Gasteiger partial charge is 0.462 e. The monoisotopic (exact) mass is 422 g/mol. The highest BCUT2D eigenvalue weighted by Crippen LogP contribution is 2.27. The van der Waals surface area contributed by atoms with Crippen LogP contribution in [0.4, 0.5) is 0 Å². The molecule has 1 heterocycles. The molecule has 1 aliphatic carbocycles. The number of rotatable bonds is 7. The van der Waals surface area contributed by atoms with Crippen LogP contribution in [0.15, 0.2) is 41.6 Å².